The smallest absolute Gasteiger partial charge is 0.353 e. The third kappa shape index (κ3) is 2.64. The van der Waals surface area contributed by atoms with Crippen LogP contribution in [0.1, 0.15) is 10.5 Å². The lowest BCUT2D eigenvalue weighted by molar-refractivity contribution is 0.0690. The van der Waals surface area contributed by atoms with Crippen molar-refractivity contribution in [2.24, 2.45) is 0 Å². The molecule has 1 aromatic heterocycles. The van der Waals surface area contributed by atoms with Gasteiger partial charge in [0.15, 0.2) is 9.84 Å². The first-order valence-corrected chi connectivity index (χ1v) is 7.39. The molecule has 0 atom stereocenters. The second-order valence-corrected chi connectivity index (χ2v) is 6.09. The van der Waals surface area contributed by atoms with Gasteiger partial charge in [0.2, 0.25) is 0 Å². The summed E-state index contributed by atoms with van der Waals surface area (Å²) in [5, 5.41) is 15.0. The van der Waals surface area contributed by atoms with Gasteiger partial charge >= 0.3 is 5.97 Å². The van der Waals surface area contributed by atoms with Crippen LogP contribution >= 0.6 is 0 Å². The molecule has 0 unspecified atom stereocenters. The van der Waals surface area contributed by atoms with Crippen LogP contribution in [0.2, 0.25) is 0 Å². The van der Waals surface area contributed by atoms with E-state index in [1.54, 1.807) is 6.07 Å². The molecule has 106 valence electrons. The van der Waals surface area contributed by atoms with Gasteiger partial charge in [0.1, 0.15) is 16.3 Å². The standard InChI is InChI=1S/C12H12N2O5S/c1-19-10-4-3-7(5-11(10)20(2,17)18)8-6-9(12(15)16)14-13-8/h3-6H,1-2H3,(H,13,14)(H,15,16). The molecular formula is C12H12N2O5S. The molecule has 0 saturated carbocycles. The van der Waals surface area contributed by atoms with Gasteiger partial charge in [-0.05, 0) is 24.3 Å². The van der Waals surface area contributed by atoms with Crippen LogP contribution in [0.15, 0.2) is 29.2 Å². The molecule has 2 aromatic rings. The highest BCUT2D eigenvalue weighted by molar-refractivity contribution is 7.90. The summed E-state index contributed by atoms with van der Waals surface area (Å²) in [6.45, 7) is 0. The number of carbonyl (C=O) groups is 1. The number of carboxylic acids is 1. The zero-order valence-corrected chi connectivity index (χ0v) is 11.6. The predicted molar refractivity (Wildman–Crippen MR) is 70.6 cm³/mol. The van der Waals surface area contributed by atoms with Crippen molar-refractivity contribution >= 4 is 15.8 Å². The number of hydrogen-bond acceptors (Lipinski definition) is 5. The number of aromatic carboxylic acids is 1. The topological polar surface area (TPSA) is 109 Å². The highest BCUT2D eigenvalue weighted by Gasteiger charge is 2.17. The first kappa shape index (κ1) is 14.1. The lowest BCUT2D eigenvalue weighted by atomic mass is 10.1. The predicted octanol–water partition coefficient (Wildman–Crippen LogP) is 1.19. The van der Waals surface area contributed by atoms with E-state index in [-0.39, 0.29) is 16.3 Å². The molecule has 0 aliphatic heterocycles. The van der Waals surface area contributed by atoms with Crippen molar-refractivity contribution in [1.82, 2.24) is 10.2 Å². The number of ether oxygens (including phenoxy) is 1. The van der Waals surface area contributed by atoms with E-state index >= 15 is 0 Å². The normalized spacial score (nSPS) is 11.3. The maximum absolute atomic E-state index is 11.7. The summed E-state index contributed by atoms with van der Waals surface area (Å²) in [6.07, 6.45) is 1.07. The lowest BCUT2D eigenvalue weighted by Gasteiger charge is -2.08. The SMILES string of the molecule is COc1ccc(-c2cc(C(=O)O)[nH]n2)cc1S(C)(=O)=O. The fraction of sp³-hybridized carbons (Fsp3) is 0.167. The highest BCUT2D eigenvalue weighted by Crippen LogP contribution is 2.29. The van der Waals surface area contributed by atoms with E-state index in [1.165, 1.54) is 25.3 Å². The molecule has 20 heavy (non-hydrogen) atoms. The van der Waals surface area contributed by atoms with Crippen LogP contribution in [-0.4, -0.2) is 43.1 Å². The van der Waals surface area contributed by atoms with E-state index in [2.05, 4.69) is 10.2 Å². The summed E-state index contributed by atoms with van der Waals surface area (Å²) in [4.78, 5) is 10.8. The van der Waals surface area contributed by atoms with Crippen LogP contribution in [0.3, 0.4) is 0 Å². The highest BCUT2D eigenvalue weighted by atomic mass is 32.2. The van der Waals surface area contributed by atoms with Crippen LogP contribution in [0.4, 0.5) is 0 Å². The van der Waals surface area contributed by atoms with Gasteiger partial charge in [-0.15, -0.1) is 0 Å². The Morgan fingerprint density at radius 3 is 2.55 bits per heavy atom. The third-order valence-corrected chi connectivity index (χ3v) is 3.79. The number of nitrogens with zero attached hydrogens (tertiary/aromatic N) is 1. The third-order valence-electron chi connectivity index (χ3n) is 2.67. The summed E-state index contributed by atoms with van der Waals surface area (Å²) in [5.74, 6) is -0.911. The molecule has 0 saturated heterocycles. The van der Waals surface area contributed by atoms with Gasteiger partial charge in [-0.25, -0.2) is 13.2 Å². The summed E-state index contributed by atoms with van der Waals surface area (Å²) in [6, 6.07) is 5.84. The molecule has 0 aliphatic carbocycles. The minimum Gasteiger partial charge on any atom is -0.495 e. The van der Waals surface area contributed by atoms with Crippen molar-refractivity contribution in [3.05, 3.63) is 30.0 Å². The Morgan fingerprint density at radius 2 is 2.05 bits per heavy atom. The van der Waals surface area contributed by atoms with Crippen molar-refractivity contribution < 1.29 is 23.1 Å². The van der Waals surface area contributed by atoms with E-state index < -0.39 is 15.8 Å². The molecule has 8 heteroatoms. The minimum atomic E-state index is -3.46. The van der Waals surface area contributed by atoms with Gasteiger partial charge in [0.25, 0.3) is 0 Å². The Labute approximate surface area is 115 Å². The van der Waals surface area contributed by atoms with Crippen molar-refractivity contribution in [3.63, 3.8) is 0 Å². The van der Waals surface area contributed by atoms with Crippen molar-refractivity contribution in [1.29, 1.82) is 0 Å². The Balaban J connectivity index is 2.55. The van der Waals surface area contributed by atoms with Gasteiger partial charge in [0, 0.05) is 11.8 Å². The molecule has 1 aromatic carbocycles. The number of H-pyrrole nitrogens is 1. The van der Waals surface area contributed by atoms with E-state index in [4.69, 9.17) is 9.84 Å². The average Bonchev–Trinajstić information content (AvgIpc) is 2.86. The van der Waals surface area contributed by atoms with Crippen LogP contribution in [0.25, 0.3) is 11.3 Å². The zero-order valence-electron chi connectivity index (χ0n) is 10.7. The second kappa shape index (κ2) is 4.97. The van der Waals surface area contributed by atoms with E-state index in [1.807, 2.05) is 0 Å². The summed E-state index contributed by atoms with van der Waals surface area (Å²) in [5.41, 5.74) is 0.752. The fourth-order valence-electron chi connectivity index (χ4n) is 1.70. The monoisotopic (exact) mass is 296 g/mol. The van der Waals surface area contributed by atoms with Gasteiger partial charge in [-0.2, -0.15) is 5.10 Å². The van der Waals surface area contributed by atoms with Crippen molar-refractivity contribution in [2.45, 2.75) is 4.90 Å². The Kier molecular flexibility index (Phi) is 3.49. The van der Waals surface area contributed by atoms with Crippen LogP contribution in [-0.2, 0) is 9.84 Å². The van der Waals surface area contributed by atoms with Crippen LogP contribution in [0.5, 0.6) is 5.75 Å². The molecule has 2 N–H and O–H groups in total. The van der Waals surface area contributed by atoms with Crippen molar-refractivity contribution in [2.75, 3.05) is 13.4 Å². The van der Waals surface area contributed by atoms with Gasteiger partial charge < -0.3 is 9.84 Å². The Bertz CT molecular complexity index is 764. The first-order chi connectivity index (χ1) is 9.32. The van der Waals surface area contributed by atoms with Crippen LogP contribution < -0.4 is 4.74 Å². The van der Waals surface area contributed by atoms with E-state index in [0.29, 0.717) is 11.3 Å². The molecule has 7 nitrogen and oxygen atoms in total. The first-order valence-electron chi connectivity index (χ1n) is 5.50. The summed E-state index contributed by atoms with van der Waals surface area (Å²) in [7, 11) is -2.09. The molecular weight excluding hydrogens is 284 g/mol. The summed E-state index contributed by atoms with van der Waals surface area (Å²) < 4.78 is 28.4. The Hall–Kier alpha value is -2.35. The lowest BCUT2D eigenvalue weighted by Crippen LogP contribution is -2.01. The number of aromatic amines is 1. The maximum Gasteiger partial charge on any atom is 0.353 e. The number of rotatable bonds is 4. The van der Waals surface area contributed by atoms with Gasteiger partial charge in [-0.1, -0.05) is 0 Å². The number of nitrogens with one attached hydrogen (secondary N) is 1. The van der Waals surface area contributed by atoms with Gasteiger partial charge in [0.05, 0.1) is 12.8 Å². The maximum atomic E-state index is 11.7. The number of carboxylic acid groups (broad SMARTS) is 1. The zero-order chi connectivity index (χ0) is 14.9. The quantitative estimate of drug-likeness (QED) is 0.877. The number of methoxy groups -OCH3 is 1. The van der Waals surface area contributed by atoms with Gasteiger partial charge in [-0.3, -0.25) is 5.10 Å². The molecule has 0 fully saturated rings. The molecule has 0 amide bonds. The second-order valence-electron chi connectivity index (χ2n) is 4.11. The number of aromatic nitrogens is 2. The molecule has 0 spiro atoms. The van der Waals surface area contributed by atoms with E-state index in [9.17, 15) is 13.2 Å². The molecule has 2 rings (SSSR count). The number of sulfone groups is 1. The largest absolute Gasteiger partial charge is 0.495 e. The Morgan fingerprint density at radius 1 is 1.35 bits per heavy atom. The number of benzene rings is 1. The minimum absolute atomic E-state index is 0.0253. The number of hydrogen-bond donors (Lipinski definition) is 2. The molecule has 0 radical (unpaired) electrons. The molecule has 1 heterocycles. The average molecular weight is 296 g/mol. The van der Waals surface area contributed by atoms with E-state index in [0.717, 1.165) is 6.26 Å². The molecule has 0 aliphatic rings. The van der Waals surface area contributed by atoms with Crippen LogP contribution in [0, 0.1) is 0 Å². The summed E-state index contributed by atoms with van der Waals surface area (Å²) >= 11 is 0. The molecule has 0 bridgehead atoms. The van der Waals surface area contributed by atoms with Crippen molar-refractivity contribution in [3.8, 4) is 17.0 Å². The fourth-order valence-corrected chi connectivity index (χ4v) is 2.56.